The van der Waals surface area contributed by atoms with Crippen LogP contribution in [0.15, 0.2) is 53.4 Å². The lowest BCUT2D eigenvalue weighted by Gasteiger charge is -2.13. The summed E-state index contributed by atoms with van der Waals surface area (Å²) in [4.78, 5) is -0.00263. The molecule has 0 aliphatic carbocycles. The highest BCUT2D eigenvalue weighted by Gasteiger charge is 2.17. The van der Waals surface area contributed by atoms with E-state index >= 15 is 0 Å². The Labute approximate surface area is 133 Å². The highest BCUT2D eigenvalue weighted by molar-refractivity contribution is 7.89. The molecule has 2 aromatic carbocycles. The van der Waals surface area contributed by atoms with Crippen molar-refractivity contribution in [2.45, 2.75) is 11.0 Å². The van der Waals surface area contributed by atoms with Crippen molar-refractivity contribution in [3.05, 3.63) is 64.1 Å². The second-order valence-electron chi connectivity index (χ2n) is 4.35. The predicted octanol–water partition coefficient (Wildman–Crippen LogP) is 3.01. The fourth-order valence-corrected chi connectivity index (χ4v) is 3.14. The Hall–Kier alpha value is -1.11. The van der Waals surface area contributed by atoms with Crippen molar-refractivity contribution in [2.24, 2.45) is 0 Å². The van der Waals surface area contributed by atoms with E-state index in [1.54, 1.807) is 24.3 Å². The number of hydrogen-bond donors (Lipinski definition) is 2. The van der Waals surface area contributed by atoms with Gasteiger partial charge in [0.15, 0.2) is 0 Å². The second kappa shape index (κ2) is 6.77. The fourth-order valence-electron chi connectivity index (χ4n) is 1.71. The Kier molecular flexibility index (Phi) is 5.24. The van der Waals surface area contributed by atoms with Crippen LogP contribution >= 0.6 is 23.2 Å². The van der Waals surface area contributed by atoms with Gasteiger partial charge in [-0.1, -0.05) is 53.5 Å². The molecule has 2 aromatic rings. The first kappa shape index (κ1) is 16.3. The number of halogens is 2. The van der Waals surface area contributed by atoms with E-state index in [1.807, 2.05) is 6.07 Å². The van der Waals surface area contributed by atoms with E-state index in [-0.39, 0.29) is 21.5 Å². The molecule has 4 nitrogen and oxygen atoms in total. The lowest BCUT2D eigenvalue weighted by atomic mass is 10.1. The van der Waals surface area contributed by atoms with E-state index in [1.165, 1.54) is 18.2 Å². The number of aliphatic hydroxyl groups excluding tert-OH is 1. The van der Waals surface area contributed by atoms with Gasteiger partial charge in [-0.2, -0.15) is 0 Å². The van der Waals surface area contributed by atoms with Crippen LogP contribution in [-0.4, -0.2) is 20.1 Å². The van der Waals surface area contributed by atoms with Crippen molar-refractivity contribution in [3.63, 3.8) is 0 Å². The zero-order chi connectivity index (χ0) is 15.5. The Balaban J connectivity index is 2.09. The number of hydrogen-bond acceptors (Lipinski definition) is 3. The van der Waals surface area contributed by atoms with Crippen LogP contribution < -0.4 is 4.72 Å². The van der Waals surface area contributed by atoms with Crippen molar-refractivity contribution >= 4 is 33.2 Å². The molecule has 2 N–H and O–H groups in total. The minimum Gasteiger partial charge on any atom is -0.387 e. The summed E-state index contributed by atoms with van der Waals surface area (Å²) in [6.45, 7) is -0.132. The van der Waals surface area contributed by atoms with Crippen molar-refractivity contribution in [3.8, 4) is 0 Å². The molecule has 112 valence electrons. The normalized spacial score (nSPS) is 13.1. The van der Waals surface area contributed by atoms with Crippen LogP contribution in [0.5, 0.6) is 0 Å². The molecular formula is C14H13Cl2NO3S. The molecule has 1 unspecified atom stereocenters. The van der Waals surface area contributed by atoms with Crippen molar-refractivity contribution in [2.75, 3.05) is 6.54 Å². The standard InChI is InChI=1S/C14H13Cl2NO3S/c15-12-7-6-11(8-13(12)16)21(19,20)17-9-14(18)10-4-2-1-3-5-10/h1-8,14,17-18H,9H2. The van der Waals surface area contributed by atoms with Gasteiger partial charge in [0.25, 0.3) is 0 Å². The van der Waals surface area contributed by atoms with Gasteiger partial charge < -0.3 is 5.11 Å². The molecule has 0 heterocycles. The van der Waals surface area contributed by atoms with Gasteiger partial charge in [0, 0.05) is 6.54 Å². The molecule has 21 heavy (non-hydrogen) atoms. The third-order valence-electron chi connectivity index (χ3n) is 2.85. The molecule has 0 aliphatic rings. The minimum atomic E-state index is -3.76. The van der Waals surface area contributed by atoms with E-state index in [4.69, 9.17) is 23.2 Å². The summed E-state index contributed by atoms with van der Waals surface area (Å²) < 4.78 is 26.6. The molecule has 0 fully saturated rings. The van der Waals surface area contributed by atoms with E-state index in [2.05, 4.69) is 4.72 Å². The Morgan fingerprint density at radius 3 is 2.33 bits per heavy atom. The summed E-state index contributed by atoms with van der Waals surface area (Å²) in [6, 6.07) is 12.8. The summed E-state index contributed by atoms with van der Waals surface area (Å²) in [5, 5.41) is 10.4. The van der Waals surface area contributed by atoms with Crippen molar-refractivity contribution < 1.29 is 13.5 Å². The average molecular weight is 346 g/mol. The van der Waals surface area contributed by atoms with E-state index in [0.29, 0.717) is 5.56 Å². The van der Waals surface area contributed by atoms with Gasteiger partial charge in [0.1, 0.15) is 0 Å². The fraction of sp³-hybridized carbons (Fsp3) is 0.143. The summed E-state index contributed by atoms with van der Waals surface area (Å²) in [6.07, 6.45) is -0.927. The lowest BCUT2D eigenvalue weighted by Crippen LogP contribution is -2.28. The smallest absolute Gasteiger partial charge is 0.240 e. The van der Waals surface area contributed by atoms with E-state index in [9.17, 15) is 13.5 Å². The summed E-state index contributed by atoms with van der Waals surface area (Å²) in [5.74, 6) is 0. The molecule has 2 rings (SSSR count). The molecule has 0 aliphatic heterocycles. The van der Waals surface area contributed by atoms with E-state index in [0.717, 1.165) is 0 Å². The zero-order valence-corrected chi connectivity index (χ0v) is 13.2. The SMILES string of the molecule is O=S(=O)(NCC(O)c1ccccc1)c1ccc(Cl)c(Cl)c1. The molecule has 1 atom stereocenters. The van der Waals surface area contributed by atoms with Gasteiger partial charge in [-0.05, 0) is 23.8 Å². The van der Waals surface area contributed by atoms with Crippen LogP contribution in [0.4, 0.5) is 0 Å². The number of sulfonamides is 1. The largest absolute Gasteiger partial charge is 0.387 e. The monoisotopic (exact) mass is 345 g/mol. The highest BCUT2D eigenvalue weighted by atomic mass is 35.5. The van der Waals surface area contributed by atoms with Crippen LogP contribution in [0, 0.1) is 0 Å². The molecule has 0 saturated carbocycles. The maximum atomic E-state index is 12.1. The second-order valence-corrected chi connectivity index (χ2v) is 6.94. The third kappa shape index (κ3) is 4.18. The first-order valence-corrected chi connectivity index (χ1v) is 8.32. The summed E-state index contributed by atoms with van der Waals surface area (Å²) >= 11 is 11.6. The van der Waals surface area contributed by atoms with Gasteiger partial charge in [0.05, 0.1) is 21.0 Å². The average Bonchev–Trinajstić information content (AvgIpc) is 2.48. The summed E-state index contributed by atoms with van der Waals surface area (Å²) in [7, 11) is -3.76. The first-order chi connectivity index (χ1) is 9.90. The number of rotatable bonds is 5. The molecule has 7 heteroatoms. The highest BCUT2D eigenvalue weighted by Crippen LogP contribution is 2.24. The molecule has 0 spiro atoms. The topological polar surface area (TPSA) is 66.4 Å². The van der Waals surface area contributed by atoms with Crippen molar-refractivity contribution in [1.82, 2.24) is 4.72 Å². The molecule has 0 aromatic heterocycles. The van der Waals surface area contributed by atoms with Crippen LogP contribution in [-0.2, 0) is 10.0 Å². The maximum absolute atomic E-state index is 12.1. The van der Waals surface area contributed by atoms with Crippen LogP contribution in [0.1, 0.15) is 11.7 Å². The van der Waals surface area contributed by atoms with Crippen LogP contribution in [0.2, 0.25) is 10.0 Å². The van der Waals surface area contributed by atoms with Crippen LogP contribution in [0.3, 0.4) is 0 Å². The molecule has 0 amide bonds. The molecule has 0 saturated heterocycles. The van der Waals surface area contributed by atoms with E-state index < -0.39 is 16.1 Å². The molecule has 0 bridgehead atoms. The Morgan fingerprint density at radius 1 is 1.05 bits per heavy atom. The maximum Gasteiger partial charge on any atom is 0.240 e. The first-order valence-electron chi connectivity index (χ1n) is 6.08. The number of aliphatic hydroxyl groups is 1. The molecular weight excluding hydrogens is 333 g/mol. The van der Waals surface area contributed by atoms with Gasteiger partial charge in [-0.15, -0.1) is 0 Å². The van der Waals surface area contributed by atoms with Gasteiger partial charge in [-0.25, -0.2) is 13.1 Å². The van der Waals surface area contributed by atoms with Gasteiger partial charge in [0.2, 0.25) is 10.0 Å². The number of benzene rings is 2. The third-order valence-corrected chi connectivity index (χ3v) is 5.01. The Morgan fingerprint density at radius 2 is 1.71 bits per heavy atom. The van der Waals surface area contributed by atoms with Crippen LogP contribution in [0.25, 0.3) is 0 Å². The van der Waals surface area contributed by atoms with Gasteiger partial charge in [-0.3, -0.25) is 0 Å². The van der Waals surface area contributed by atoms with Gasteiger partial charge >= 0.3 is 0 Å². The molecule has 0 radical (unpaired) electrons. The lowest BCUT2D eigenvalue weighted by molar-refractivity contribution is 0.182. The number of nitrogens with one attached hydrogen (secondary N) is 1. The van der Waals surface area contributed by atoms with Crippen molar-refractivity contribution in [1.29, 1.82) is 0 Å². The minimum absolute atomic E-state index is 0.00263. The predicted molar refractivity (Wildman–Crippen MR) is 83.1 cm³/mol. The quantitative estimate of drug-likeness (QED) is 0.875. The Bertz CT molecular complexity index is 720. The zero-order valence-electron chi connectivity index (χ0n) is 10.8. The summed E-state index contributed by atoms with van der Waals surface area (Å²) in [5.41, 5.74) is 0.634.